The van der Waals surface area contributed by atoms with Gasteiger partial charge in [0.25, 0.3) is 0 Å². The molecule has 0 saturated carbocycles. The van der Waals surface area contributed by atoms with Crippen LogP contribution in [0, 0.1) is 5.82 Å². The van der Waals surface area contributed by atoms with Crippen LogP contribution in [0.4, 0.5) is 4.39 Å². The van der Waals surface area contributed by atoms with E-state index in [0.29, 0.717) is 16.6 Å². The summed E-state index contributed by atoms with van der Waals surface area (Å²) in [7, 11) is -3.65. The molecule has 1 aliphatic heterocycles. The zero-order valence-corrected chi connectivity index (χ0v) is 15.7. The normalized spacial score (nSPS) is 16.1. The van der Waals surface area contributed by atoms with Crippen molar-refractivity contribution in [2.24, 2.45) is 0 Å². The van der Waals surface area contributed by atoms with Crippen molar-refractivity contribution >= 4 is 44.4 Å². The number of fused-ring (bicyclic) bond motifs is 1. The Bertz CT molecular complexity index is 1070. The third-order valence-electron chi connectivity index (χ3n) is 4.17. The molecule has 1 aromatic heterocycles. The Labute approximate surface area is 158 Å². The van der Waals surface area contributed by atoms with Crippen LogP contribution in [0.3, 0.4) is 0 Å². The summed E-state index contributed by atoms with van der Waals surface area (Å²) in [5.74, 6) is -0.412. The summed E-state index contributed by atoms with van der Waals surface area (Å²) in [5.41, 5.74) is 1.61. The minimum absolute atomic E-state index is 0.156. The first-order valence-corrected chi connectivity index (χ1v) is 10.3. The fraction of sp³-hybridized carbons (Fsp3) is 0.250. The van der Waals surface area contributed by atoms with E-state index in [1.807, 2.05) is 0 Å². The Balaban J connectivity index is 1.42. The van der Waals surface area contributed by atoms with Crippen LogP contribution in [-0.4, -0.2) is 40.7 Å². The first-order valence-electron chi connectivity index (χ1n) is 7.72. The van der Waals surface area contributed by atoms with E-state index in [1.54, 1.807) is 18.2 Å². The molecule has 1 saturated heterocycles. The summed E-state index contributed by atoms with van der Waals surface area (Å²) in [5, 5.41) is 0.288. The summed E-state index contributed by atoms with van der Waals surface area (Å²) < 4.78 is 53.8. The molecule has 3 aromatic rings. The lowest BCUT2D eigenvalue weighted by Crippen LogP contribution is -2.54. The van der Waals surface area contributed by atoms with Gasteiger partial charge >= 0.3 is 0 Å². The lowest BCUT2D eigenvalue weighted by atomic mass is 10.2. The van der Waals surface area contributed by atoms with E-state index in [-0.39, 0.29) is 35.7 Å². The average molecular weight is 414 g/mol. The van der Waals surface area contributed by atoms with Gasteiger partial charge in [-0.15, -0.1) is 0 Å². The van der Waals surface area contributed by atoms with Gasteiger partial charge in [0.05, 0.1) is 24.4 Å². The number of rotatable bonds is 5. The highest BCUT2D eigenvalue weighted by molar-refractivity contribution is 7.89. The Morgan fingerprint density at radius 2 is 2.08 bits per heavy atom. The zero-order chi connectivity index (χ0) is 18.3. The summed E-state index contributed by atoms with van der Waals surface area (Å²) >= 11 is 6.94. The lowest BCUT2D eigenvalue weighted by molar-refractivity contribution is -0.0295. The number of benzene rings is 2. The fourth-order valence-electron chi connectivity index (χ4n) is 2.68. The molecule has 6 nitrogen and oxygen atoms in total. The first kappa shape index (κ1) is 17.7. The molecule has 0 N–H and O–H groups in total. The number of ether oxygens (including phenoxy) is 1. The van der Waals surface area contributed by atoms with Crippen LogP contribution in [0.1, 0.15) is 5.56 Å². The fourth-order valence-corrected chi connectivity index (χ4v) is 5.15. The zero-order valence-electron chi connectivity index (χ0n) is 13.3. The van der Waals surface area contributed by atoms with Crippen molar-refractivity contribution in [2.45, 2.75) is 17.6 Å². The van der Waals surface area contributed by atoms with Crippen molar-refractivity contribution < 1.29 is 17.5 Å². The van der Waals surface area contributed by atoms with Gasteiger partial charge in [-0.3, -0.25) is 0 Å². The summed E-state index contributed by atoms with van der Waals surface area (Å²) in [4.78, 5) is 0.156. The Morgan fingerprint density at radius 3 is 2.85 bits per heavy atom. The second kappa shape index (κ2) is 6.82. The molecular weight excluding hydrogens is 401 g/mol. The van der Waals surface area contributed by atoms with Gasteiger partial charge in [0, 0.05) is 18.1 Å². The summed E-state index contributed by atoms with van der Waals surface area (Å²) in [6, 6.07) is 9.00. The molecule has 0 radical (unpaired) electrons. The molecule has 0 bridgehead atoms. The molecule has 26 heavy (non-hydrogen) atoms. The van der Waals surface area contributed by atoms with Crippen LogP contribution >= 0.6 is 23.3 Å². The second-order valence-corrected chi connectivity index (χ2v) is 8.72. The standard InChI is InChI=1S/C16H13ClFN3O3S2/c17-13-6-11(18)5-4-10(13)9-24-12-7-21(8-12)26(22,23)15-3-1-2-14-16(15)20-25-19-14/h1-6,12H,7-9H2. The van der Waals surface area contributed by atoms with E-state index in [0.717, 1.165) is 11.7 Å². The molecule has 2 aromatic carbocycles. The average Bonchev–Trinajstić information content (AvgIpc) is 3.03. The van der Waals surface area contributed by atoms with Crippen molar-refractivity contribution in [1.29, 1.82) is 0 Å². The highest BCUT2D eigenvalue weighted by Crippen LogP contribution is 2.28. The maximum absolute atomic E-state index is 13.0. The Kier molecular flexibility index (Phi) is 4.66. The van der Waals surface area contributed by atoms with E-state index in [2.05, 4.69) is 8.75 Å². The summed E-state index contributed by atoms with van der Waals surface area (Å²) in [6.45, 7) is 0.688. The topological polar surface area (TPSA) is 72.4 Å². The van der Waals surface area contributed by atoms with Crippen LogP contribution in [-0.2, 0) is 21.4 Å². The molecule has 0 amide bonds. The van der Waals surface area contributed by atoms with E-state index in [9.17, 15) is 12.8 Å². The Morgan fingerprint density at radius 1 is 1.27 bits per heavy atom. The van der Waals surface area contributed by atoms with Crippen LogP contribution < -0.4 is 0 Å². The third kappa shape index (κ3) is 3.21. The van der Waals surface area contributed by atoms with E-state index in [4.69, 9.17) is 16.3 Å². The van der Waals surface area contributed by atoms with E-state index in [1.165, 1.54) is 22.5 Å². The quantitative estimate of drug-likeness (QED) is 0.642. The predicted octanol–water partition coefficient (Wildman–Crippen LogP) is 3.07. The first-order chi connectivity index (χ1) is 12.4. The number of hydrogen-bond acceptors (Lipinski definition) is 6. The SMILES string of the molecule is O=S(=O)(c1cccc2nsnc12)N1CC(OCc2ccc(F)cc2Cl)C1. The molecule has 4 rings (SSSR count). The van der Waals surface area contributed by atoms with Crippen molar-refractivity contribution in [2.75, 3.05) is 13.1 Å². The number of sulfonamides is 1. The molecule has 2 heterocycles. The number of hydrogen-bond donors (Lipinski definition) is 0. The molecule has 0 atom stereocenters. The van der Waals surface area contributed by atoms with Crippen molar-refractivity contribution in [3.63, 3.8) is 0 Å². The van der Waals surface area contributed by atoms with Crippen LogP contribution in [0.5, 0.6) is 0 Å². The predicted molar refractivity (Wildman–Crippen MR) is 96.2 cm³/mol. The van der Waals surface area contributed by atoms with Gasteiger partial charge in [-0.1, -0.05) is 23.7 Å². The summed E-state index contributed by atoms with van der Waals surface area (Å²) in [6.07, 6.45) is -0.237. The third-order valence-corrected chi connectivity index (χ3v) is 6.93. The van der Waals surface area contributed by atoms with Gasteiger partial charge in [-0.2, -0.15) is 13.1 Å². The van der Waals surface area contributed by atoms with Crippen molar-refractivity contribution in [3.8, 4) is 0 Å². The van der Waals surface area contributed by atoms with E-state index < -0.39 is 15.8 Å². The largest absolute Gasteiger partial charge is 0.371 e. The molecule has 0 spiro atoms. The van der Waals surface area contributed by atoms with Gasteiger partial charge in [0.1, 0.15) is 21.7 Å². The van der Waals surface area contributed by atoms with Crippen LogP contribution in [0.25, 0.3) is 11.0 Å². The van der Waals surface area contributed by atoms with Crippen LogP contribution in [0.15, 0.2) is 41.3 Å². The minimum Gasteiger partial charge on any atom is -0.371 e. The van der Waals surface area contributed by atoms with Crippen LogP contribution in [0.2, 0.25) is 5.02 Å². The molecule has 10 heteroatoms. The Hall–Kier alpha value is -1.65. The number of aromatic nitrogens is 2. The maximum Gasteiger partial charge on any atom is 0.245 e. The lowest BCUT2D eigenvalue weighted by Gasteiger charge is -2.37. The molecule has 136 valence electrons. The van der Waals surface area contributed by atoms with Gasteiger partial charge in [-0.25, -0.2) is 12.8 Å². The highest BCUT2D eigenvalue weighted by atomic mass is 35.5. The monoisotopic (exact) mass is 413 g/mol. The van der Waals surface area contributed by atoms with Crippen molar-refractivity contribution in [3.05, 3.63) is 52.8 Å². The van der Waals surface area contributed by atoms with E-state index >= 15 is 0 Å². The maximum atomic E-state index is 13.0. The minimum atomic E-state index is -3.65. The van der Waals surface area contributed by atoms with Gasteiger partial charge in [0.2, 0.25) is 10.0 Å². The molecule has 0 unspecified atom stereocenters. The molecule has 1 fully saturated rings. The molecular formula is C16H13ClFN3O3S2. The highest BCUT2D eigenvalue weighted by Gasteiger charge is 2.38. The smallest absolute Gasteiger partial charge is 0.245 e. The van der Waals surface area contributed by atoms with Gasteiger partial charge in [-0.05, 0) is 29.8 Å². The number of halogens is 2. The molecule has 1 aliphatic rings. The molecule has 0 aliphatic carbocycles. The second-order valence-electron chi connectivity index (χ2n) is 5.88. The van der Waals surface area contributed by atoms with Crippen molar-refractivity contribution in [1.82, 2.24) is 13.1 Å². The van der Waals surface area contributed by atoms with Gasteiger partial charge < -0.3 is 4.74 Å². The van der Waals surface area contributed by atoms with Gasteiger partial charge in [0.15, 0.2) is 0 Å². The number of nitrogens with zero attached hydrogens (tertiary/aromatic N) is 3.